The molecule has 0 radical (unpaired) electrons. The molecule has 0 aliphatic carbocycles. The van der Waals surface area contributed by atoms with E-state index in [-0.39, 0.29) is 5.82 Å². The molecule has 0 saturated heterocycles. The highest BCUT2D eigenvalue weighted by Gasteiger charge is 2.03. The number of aromatic nitrogens is 1. The van der Waals surface area contributed by atoms with Crippen molar-refractivity contribution in [2.24, 2.45) is 0 Å². The minimum Gasteiger partial charge on any atom is -0.256 e. The molecular formula is C9H5FIN. The normalized spacial score (nSPS) is 10.5. The van der Waals surface area contributed by atoms with Gasteiger partial charge in [0, 0.05) is 11.6 Å². The zero-order valence-corrected chi connectivity index (χ0v) is 8.25. The molecule has 0 bridgehead atoms. The van der Waals surface area contributed by atoms with Crippen LogP contribution in [0.3, 0.4) is 0 Å². The standard InChI is InChI=1S/C9H5FIN/c10-7-3-4-8-6(9(7)11)2-1-5-12-8/h1-5H. The zero-order valence-electron chi connectivity index (χ0n) is 6.09. The summed E-state index contributed by atoms with van der Waals surface area (Å²) < 4.78 is 13.7. The molecule has 1 aromatic heterocycles. The van der Waals surface area contributed by atoms with Gasteiger partial charge >= 0.3 is 0 Å². The Labute approximate surface area is 82.8 Å². The van der Waals surface area contributed by atoms with Crippen molar-refractivity contribution >= 4 is 33.5 Å². The zero-order chi connectivity index (χ0) is 8.55. The first-order valence-corrected chi connectivity index (χ1v) is 4.55. The van der Waals surface area contributed by atoms with Gasteiger partial charge in [0.2, 0.25) is 0 Å². The Morgan fingerprint density at radius 3 is 2.92 bits per heavy atom. The molecule has 1 aromatic carbocycles. The summed E-state index contributed by atoms with van der Waals surface area (Å²) in [5.74, 6) is -0.184. The van der Waals surface area contributed by atoms with Crippen molar-refractivity contribution in [2.45, 2.75) is 0 Å². The third kappa shape index (κ3) is 1.18. The SMILES string of the molecule is Fc1ccc2ncccc2c1I. The van der Waals surface area contributed by atoms with Crippen LogP contribution in [0.25, 0.3) is 10.9 Å². The van der Waals surface area contributed by atoms with E-state index in [0.717, 1.165) is 10.9 Å². The maximum absolute atomic E-state index is 13.0. The van der Waals surface area contributed by atoms with Gasteiger partial charge in [-0.3, -0.25) is 4.98 Å². The van der Waals surface area contributed by atoms with Gasteiger partial charge in [0.15, 0.2) is 0 Å². The highest BCUT2D eigenvalue weighted by atomic mass is 127. The predicted octanol–water partition coefficient (Wildman–Crippen LogP) is 2.98. The molecule has 1 nitrogen and oxygen atoms in total. The van der Waals surface area contributed by atoms with E-state index in [4.69, 9.17) is 0 Å². The molecule has 0 atom stereocenters. The number of hydrogen-bond acceptors (Lipinski definition) is 1. The second-order valence-corrected chi connectivity index (χ2v) is 3.51. The third-order valence-electron chi connectivity index (χ3n) is 1.67. The van der Waals surface area contributed by atoms with E-state index in [0.29, 0.717) is 3.57 Å². The molecule has 60 valence electrons. The van der Waals surface area contributed by atoms with Gasteiger partial charge < -0.3 is 0 Å². The predicted molar refractivity (Wildman–Crippen MR) is 54.4 cm³/mol. The van der Waals surface area contributed by atoms with Crippen molar-refractivity contribution < 1.29 is 4.39 Å². The van der Waals surface area contributed by atoms with E-state index < -0.39 is 0 Å². The summed E-state index contributed by atoms with van der Waals surface area (Å²) in [6, 6.07) is 6.81. The molecule has 0 fully saturated rings. The molecule has 1 heterocycles. The van der Waals surface area contributed by atoms with Crippen LogP contribution in [0.15, 0.2) is 30.5 Å². The van der Waals surface area contributed by atoms with Gasteiger partial charge in [-0.1, -0.05) is 6.07 Å². The lowest BCUT2D eigenvalue weighted by atomic mass is 10.2. The van der Waals surface area contributed by atoms with Gasteiger partial charge in [-0.05, 0) is 40.8 Å². The van der Waals surface area contributed by atoms with E-state index in [1.54, 1.807) is 12.3 Å². The summed E-state index contributed by atoms with van der Waals surface area (Å²) in [5.41, 5.74) is 0.836. The highest BCUT2D eigenvalue weighted by Crippen LogP contribution is 2.20. The molecule has 0 amide bonds. The van der Waals surface area contributed by atoms with Gasteiger partial charge in [0.05, 0.1) is 9.09 Å². The average molecular weight is 273 g/mol. The van der Waals surface area contributed by atoms with Crippen LogP contribution in [-0.4, -0.2) is 4.98 Å². The van der Waals surface area contributed by atoms with E-state index >= 15 is 0 Å². The first kappa shape index (κ1) is 7.91. The average Bonchev–Trinajstić information content (AvgIpc) is 2.12. The molecule has 0 unspecified atom stereocenters. The van der Waals surface area contributed by atoms with Crippen LogP contribution in [-0.2, 0) is 0 Å². The monoisotopic (exact) mass is 273 g/mol. The lowest BCUT2D eigenvalue weighted by Crippen LogP contribution is -1.85. The Morgan fingerprint density at radius 1 is 1.25 bits per heavy atom. The molecule has 0 spiro atoms. The molecule has 0 aliphatic rings. The van der Waals surface area contributed by atoms with Crippen molar-refractivity contribution in [2.75, 3.05) is 0 Å². The molecular weight excluding hydrogens is 268 g/mol. The van der Waals surface area contributed by atoms with Gasteiger partial charge in [-0.25, -0.2) is 4.39 Å². The van der Waals surface area contributed by atoms with Crippen molar-refractivity contribution in [3.63, 3.8) is 0 Å². The molecule has 0 N–H and O–H groups in total. The van der Waals surface area contributed by atoms with Crippen molar-refractivity contribution in [1.29, 1.82) is 0 Å². The molecule has 0 aliphatic heterocycles. The summed E-state index contributed by atoms with van der Waals surface area (Å²) in [5, 5.41) is 0.873. The summed E-state index contributed by atoms with van der Waals surface area (Å²) in [7, 11) is 0. The topological polar surface area (TPSA) is 12.9 Å². The molecule has 3 heteroatoms. The minimum absolute atomic E-state index is 0.184. The molecule has 0 saturated carbocycles. The van der Waals surface area contributed by atoms with Crippen LogP contribution in [0.1, 0.15) is 0 Å². The van der Waals surface area contributed by atoms with E-state index in [9.17, 15) is 4.39 Å². The second-order valence-electron chi connectivity index (χ2n) is 2.43. The Hall–Kier alpha value is -0.710. The maximum atomic E-state index is 13.0. The maximum Gasteiger partial charge on any atom is 0.137 e. The van der Waals surface area contributed by atoms with E-state index in [1.807, 2.05) is 34.7 Å². The quantitative estimate of drug-likeness (QED) is 0.672. The first-order valence-electron chi connectivity index (χ1n) is 3.48. The second kappa shape index (κ2) is 2.97. The fourth-order valence-corrected chi connectivity index (χ4v) is 1.73. The molecule has 2 rings (SSSR count). The lowest BCUT2D eigenvalue weighted by Gasteiger charge is -1.99. The van der Waals surface area contributed by atoms with Gasteiger partial charge in [-0.2, -0.15) is 0 Å². The summed E-state index contributed by atoms with van der Waals surface area (Å²) in [6.45, 7) is 0. The van der Waals surface area contributed by atoms with Crippen LogP contribution >= 0.6 is 22.6 Å². The number of halogens is 2. The van der Waals surface area contributed by atoms with Crippen LogP contribution in [0.2, 0.25) is 0 Å². The van der Waals surface area contributed by atoms with Crippen LogP contribution in [0.5, 0.6) is 0 Å². The fraction of sp³-hybridized carbons (Fsp3) is 0. The minimum atomic E-state index is -0.184. The lowest BCUT2D eigenvalue weighted by molar-refractivity contribution is 0.622. The fourth-order valence-electron chi connectivity index (χ4n) is 1.09. The number of pyridine rings is 1. The largest absolute Gasteiger partial charge is 0.256 e. The van der Waals surface area contributed by atoms with Gasteiger partial charge in [0.25, 0.3) is 0 Å². The number of nitrogens with zero attached hydrogens (tertiary/aromatic N) is 1. The highest BCUT2D eigenvalue weighted by molar-refractivity contribution is 14.1. The number of benzene rings is 1. The van der Waals surface area contributed by atoms with Crippen molar-refractivity contribution in [1.82, 2.24) is 4.98 Å². The van der Waals surface area contributed by atoms with Crippen molar-refractivity contribution in [3.8, 4) is 0 Å². The summed E-state index contributed by atoms with van der Waals surface area (Å²) >= 11 is 1.99. The van der Waals surface area contributed by atoms with Crippen LogP contribution < -0.4 is 0 Å². The number of hydrogen-bond donors (Lipinski definition) is 0. The van der Waals surface area contributed by atoms with Gasteiger partial charge in [-0.15, -0.1) is 0 Å². The Bertz CT molecular complexity index is 428. The smallest absolute Gasteiger partial charge is 0.137 e. The third-order valence-corrected chi connectivity index (χ3v) is 2.77. The van der Waals surface area contributed by atoms with Crippen LogP contribution in [0.4, 0.5) is 4.39 Å². The van der Waals surface area contributed by atoms with Crippen molar-refractivity contribution in [3.05, 3.63) is 39.8 Å². The first-order chi connectivity index (χ1) is 5.79. The van der Waals surface area contributed by atoms with Crippen LogP contribution in [0, 0.1) is 9.39 Å². The summed E-state index contributed by atoms with van der Waals surface area (Å²) in [6.07, 6.45) is 1.70. The van der Waals surface area contributed by atoms with Gasteiger partial charge in [0.1, 0.15) is 5.82 Å². The molecule has 2 aromatic rings. The van der Waals surface area contributed by atoms with E-state index in [2.05, 4.69) is 4.98 Å². The number of rotatable bonds is 0. The Morgan fingerprint density at radius 2 is 2.08 bits per heavy atom. The Kier molecular flexibility index (Phi) is 1.96. The van der Waals surface area contributed by atoms with E-state index in [1.165, 1.54) is 6.07 Å². The number of fused-ring (bicyclic) bond motifs is 1. The summed E-state index contributed by atoms with van der Waals surface area (Å²) in [4.78, 5) is 4.11. The molecule has 12 heavy (non-hydrogen) atoms. The Balaban J connectivity index is 2.91.